The minimum absolute atomic E-state index is 0.0666. The number of aromatic nitrogens is 1. The summed E-state index contributed by atoms with van der Waals surface area (Å²) in [4.78, 5) is 70.6. The summed E-state index contributed by atoms with van der Waals surface area (Å²) in [6.45, 7) is 8.21. The second kappa shape index (κ2) is 14.1. The lowest BCUT2D eigenvalue weighted by Gasteiger charge is -2.29. The molecule has 47 heavy (non-hydrogen) atoms. The van der Waals surface area contributed by atoms with Crippen molar-refractivity contribution in [3.05, 3.63) is 52.0 Å². The number of hydrogen-bond acceptors (Lipinski definition) is 10. The van der Waals surface area contributed by atoms with Crippen molar-refractivity contribution in [2.24, 2.45) is 15.9 Å². The molecule has 12 nitrogen and oxygen atoms in total. The molecule has 1 aromatic heterocycles. The van der Waals surface area contributed by atoms with Gasteiger partial charge in [0.1, 0.15) is 34.9 Å². The smallest absolute Gasteiger partial charge is 0.271 e. The van der Waals surface area contributed by atoms with E-state index in [2.05, 4.69) is 34.8 Å². The number of carbonyl (C=O) groups excluding carboxylic acids is 4. The fourth-order valence-corrected chi connectivity index (χ4v) is 8.35. The third-order valence-corrected chi connectivity index (χ3v) is 11.4. The highest BCUT2D eigenvalue weighted by Crippen LogP contribution is 2.29. The van der Waals surface area contributed by atoms with Gasteiger partial charge in [0, 0.05) is 24.1 Å². The predicted octanol–water partition coefficient (Wildman–Crippen LogP) is 2.90. The zero-order chi connectivity index (χ0) is 33.2. The van der Waals surface area contributed by atoms with Gasteiger partial charge in [-0.2, -0.15) is 0 Å². The molecule has 4 amide bonds. The monoisotopic (exact) mass is 679 g/mol. The highest BCUT2D eigenvalue weighted by atomic mass is 32.2. The largest absolute Gasteiger partial charge is 0.474 e. The molecule has 2 aromatic rings. The summed E-state index contributed by atoms with van der Waals surface area (Å²) in [6, 6.07) is 5.96. The van der Waals surface area contributed by atoms with Crippen molar-refractivity contribution >= 4 is 57.7 Å². The molecule has 5 heterocycles. The van der Waals surface area contributed by atoms with E-state index in [4.69, 9.17) is 14.7 Å². The van der Waals surface area contributed by atoms with Gasteiger partial charge in [0.15, 0.2) is 6.04 Å². The fourth-order valence-electron chi connectivity index (χ4n) is 6.31. The average molecular weight is 680 g/mol. The van der Waals surface area contributed by atoms with Crippen molar-refractivity contribution in [3.8, 4) is 0 Å². The van der Waals surface area contributed by atoms with Crippen molar-refractivity contribution in [2.75, 3.05) is 12.3 Å². The van der Waals surface area contributed by atoms with Gasteiger partial charge < -0.3 is 25.6 Å². The van der Waals surface area contributed by atoms with Crippen molar-refractivity contribution in [2.45, 2.75) is 95.7 Å². The zero-order valence-electron chi connectivity index (χ0n) is 27.0. The van der Waals surface area contributed by atoms with Crippen molar-refractivity contribution in [3.63, 3.8) is 0 Å². The van der Waals surface area contributed by atoms with Gasteiger partial charge in [0.05, 0.1) is 17.1 Å². The molecule has 3 N–H and O–H groups in total. The van der Waals surface area contributed by atoms with Gasteiger partial charge in [-0.05, 0) is 38.2 Å². The van der Waals surface area contributed by atoms with Crippen LogP contribution in [0.15, 0.2) is 45.7 Å². The number of benzene rings is 1. The Morgan fingerprint density at radius 2 is 1.83 bits per heavy atom. The summed E-state index contributed by atoms with van der Waals surface area (Å²) in [5.74, 6) is -0.360. The Morgan fingerprint density at radius 3 is 2.60 bits per heavy atom. The lowest BCUT2D eigenvalue weighted by atomic mass is 9.99. The zero-order valence-corrected chi connectivity index (χ0v) is 28.6. The van der Waals surface area contributed by atoms with Crippen LogP contribution in [-0.4, -0.2) is 93.1 Å². The number of rotatable bonds is 4. The van der Waals surface area contributed by atoms with Gasteiger partial charge in [0.2, 0.25) is 23.6 Å². The lowest BCUT2D eigenvalue weighted by Crippen LogP contribution is -2.52. The Labute approximate surface area is 282 Å². The van der Waals surface area contributed by atoms with E-state index in [-0.39, 0.29) is 41.8 Å². The number of aliphatic imine (C=N–C) groups is 2. The Bertz CT molecular complexity index is 1580. The summed E-state index contributed by atoms with van der Waals surface area (Å²) in [5.41, 5.74) is 1.08. The van der Waals surface area contributed by atoms with E-state index in [1.807, 2.05) is 44.2 Å². The highest BCUT2D eigenvalue weighted by Gasteiger charge is 2.44. The molecule has 0 radical (unpaired) electrons. The molecule has 1 saturated heterocycles. The van der Waals surface area contributed by atoms with Gasteiger partial charge in [0.25, 0.3) is 5.91 Å². The van der Waals surface area contributed by atoms with Crippen LogP contribution in [0.25, 0.3) is 0 Å². The minimum Gasteiger partial charge on any atom is -0.474 e. The fraction of sp³-hybridized carbons (Fsp3) is 0.545. The van der Waals surface area contributed by atoms with E-state index in [0.717, 1.165) is 18.4 Å². The molecule has 6 rings (SSSR count). The third kappa shape index (κ3) is 7.08. The Hall–Kier alpha value is -3.78. The van der Waals surface area contributed by atoms with Crippen molar-refractivity contribution in [1.82, 2.24) is 25.8 Å². The second-order valence-electron chi connectivity index (χ2n) is 12.6. The van der Waals surface area contributed by atoms with Gasteiger partial charge in [-0.25, -0.2) is 9.98 Å². The maximum atomic E-state index is 14.2. The van der Waals surface area contributed by atoms with Gasteiger partial charge >= 0.3 is 0 Å². The number of ether oxygens (including phenoxy) is 1. The maximum Gasteiger partial charge on any atom is 0.271 e. The van der Waals surface area contributed by atoms with Gasteiger partial charge in [-0.1, -0.05) is 50.6 Å². The van der Waals surface area contributed by atoms with Crippen LogP contribution in [0.4, 0.5) is 0 Å². The number of fused-ring (bicyclic) bond motifs is 6. The topological polar surface area (TPSA) is 154 Å². The van der Waals surface area contributed by atoms with Crippen LogP contribution in [0.1, 0.15) is 74.1 Å². The van der Waals surface area contributed by atoms with Crippen LogP contribution < -0.4 is 16.0 Å². The van der Waals surface area contributed by atoms with Crippen LogP contribution in [-0.2, 0) is 25.5 Å². The number of hydrogen-bond donors (Lipinski definition) is 3. The molecule has 8 atom stereocenters. The molecule has 4 aliphatic rings. The molecule has 250 valence electrons. The normalized spacial score (nSPS) is 30.6. The molecular weight excluding hydrogens is 639 g/mol. The number of nitrogens with zero attached hydrogens (tertiary/aromatic N) is 4. The van der Waals surface area contributed by atoms with Crippen molar-refractivity contribution in [1.29, 1.82) is 0 Å². The van der Waals surface area contributed by atoms with E-state index in [1.165, 1.54) is 23.1 Å². The van der Waals surface area contributed by atoms with Gasteiger partial charge in [-0.15, -0.1) is 23.1 Å². The quantitative estimate of drug-likeness (QED) is 0.449. The number of thiazole rings is 1. The summed E-state index contributed by atoms with van der Waals surface area (Å²) in [6.07, 6.45) is 1.92. The van der Waals surface area contributed by atoms with E-state index in [1.54, 1.807) is 10.3 Å². The van der Waals surface area contributed by atoms with E-state index < -0.39 is 42.2 Å². The standard InChI is InChI=1S/C33H41N7O5S2/c1-5-17(2)25-32-37-22(16-47-32)27(41)34-18(3)31-36-23(15-46-31)28(42)35-21(14-20-10-7-6-8-11-20)33(44)40-13-9-12-24(40)30-39-26(19(4)45-30)29(43)38-25/h6-8,10-11,15,17-19,21-22,24-26H,5,9,12-14,16H2,1-4H3,(H,34,41)(H,35,42)(H,38,43)/t17-,18-,19+,21-,22-,24-,25+,26-/m0/s1. The van der Waals surface area contributed by atoms with Crippen LogP contribution in [0.3, 0.4) is 0 Å². The first-order valence-electron chi connectivity index (χ1n) is 16.3. The molecule has 4 aliphatic heterocycles. The number of nitrogens with one attached hydrogen (secondary N) is 3. The summed E-state index contributed by atoms with van der Waals surface area (Å²) in [5, 5.41) is 12.0. The predicted molar refractivity (Wildman–Crippen MR) is 182 cm³/mol. The SMILES string of the molecule is CC[C@H](C)[C@H]1NC(=O)[C@H]2N=C(O[C@@H]2C)[C@@H]2CCCN2C(=O)[C@H](Cc2ccccc2)NC(=O)c2csc(n2)[C@H](C)NC(=O)[C@@H]2CSC1=N2. The molecule has 0 aliphatic carbocycles. The number of amides is 4. The molecule has 1 aromatic carbocycles. The highest BCUT2D eigenvalue weighted by molar-refractivity contribution is 8.14. The van der Waals surface area contributed by atoms with Crippen LogP contribution >= 0.6 is 23.1 Å². The van der Waals surface area contributed by atoms with Gasteiger partial charge in [-0.3, -0.25) is 24.2 Å². The Balaban J connectivity index is 1.35. The van der Waals surface area contributed by atoms with Crippen LogP contribution in [0, 0.1) is 5.92 Å². The minimum atomic E-state index is -0.872. The first kappa shape index (κ1) is 33.1. The van der Waals surface area contributed by atoms with Crippen molar-refractivity contribution < 1.29 is 23.9 Å². The molecule has 0 spiro atoms. The summed E-state index contributed by atoms with van der Waals surface area (Å²) in [7, 11) is 0. The first-order chi connectivity index (χ1) is 22.6. The summed E-state index contributed by atoms with van der Waals surface area (Å²) >= 11 is 2.75. The second-order valence-corrected chi connectivity index (χ2v) is 14.5. The van der Waals surface area contributed by atoms with E-state index >= 15 is 0 Å². The molecule has 0 unspecified atom stereocenters. The van der Waals surface area contributed by atoms with E-state index in [9.17, 15) is 19.2 Å². The van der Waals surface area contributed by atoms with Crippen LogP contribution in [0.2, 0.25) is 0 Å². The Kier molecular flexibility index (Phi) is 9.97. The number of carbonyl (C=O) groups is 4. The molecule has 0 saturated carbocycles. The molecule has 6 bridgehead atoms. The summed E-state index contributed by atoms with van der Waals surface area (Å²) < 4.78 is 6.18. The lowest BCUT2D eigenvalue weighted by molar-refractivity contribution is -0.133. The average Bonchev–Trinajstić information content (AvgIpc) is 3.89. The first-order valence-corrected chi connectivity index (χ1v) is 18.2. The molecule has 1 fully saturated rings. The van der Waals surface area contributed by atoms with Crippen LogP contribution in [0.5, 0.6) is 0 Å². The number of thioether (sulfide) groups is 1. The molecular formula is C33H41N7O5S2. The van der Waals surface area contributed by atoms with E-state index in [0.29, 0.717) is 34.7 Å². The third-order valence-electron chi connectivity index (χ3n) is 9.23. The molecule has 14 heteroatoms. The Morgan fingerprint density at radius 1 is 1.04 bits per heavy atom. The maximum absolute atomic E-state index is 14.2.